The minimum absolute atomic E-state index is 0.0164. The number of nitrogens with one attached hydrogen (secondary N) is 1. The van der Waals surface area contributed by atoms with Gasteiger partial charge in [-0.2, -0.15) is 0 Å². The summed E-state index contributed by atoms with van der Waals surface area (Å²) in [5.41, 5.74) is 6.16. The van der Waals surface area contributed by atoms with Crippen molar-refractivity contribution in [1.82, 2.24) is 4.98 Å². The van der Waals surface area contributed by atoms with Crippen LogP contribution in [-0.4, -0.2) is 24.5 Å². The molecule has 0 radical (unpaired) electrons. The first-order valence-electron chi connectivity index (χ1n) is 5.65. The van der Waals surface area contributed by atoms with Crippen LogP contribution in [0.1, 0.15) is 19.8 Å². The standard InChI is InChI=1S/C12H19N3O2/c1-9(7-13)3-5-11(16)15-10-4-6-12(17-2)14-8-10/h4,6,8-9H,3,5,7,13H2,1-2H3,(H,15,16). The normalized spacial score (nSPS) is 11.9. The third kappa shape index (κ3) is 4.82. The zero-order valence-electron chi connectivity index (χ0n) is 10.3. The van der Waals surface area contributed by atoms with Crippen molar-refractivity contribution in [2.75, 3.05) is 19.0 Å². The molecular weight excluding hydrogens is 218 g/mol. The summed E-state index contributed by atoms with van der Waals surface area (Å²) in [5, 5.41) is 2.77. The van der Waals surface area contributed by atoms with E-state index >= 15 is 0 Å². The van der Waals surface area contributed by atoms with Gasteiger partial charge < -0.3 is 15.8 Å². The molecule has 0 aromatic carbocycles. The molecule has 1 heterocycles. The first-order chi connectivity index (χ1) is 8.15. The molecule has 94 valence electrons. The van der Waals surface area contributed by atoms with E-state index in [1.165, 1.54) is 0 Å². The summed E-state index contributed by atoms with van der Waals surface area (Å²) < 4.78 is 4.93. The van der Waals surface area contributed by atoms with Crippen LogP contribution in [0.15, 0.2) is 18.3 Å². The number of pyridine rings is 1. The van der Waals surface area contributed by atoms with E-state index < -0.39 is 0 Å². The molecule has 0 saturated heterocycles. The zero-order valence-corrected chi connectivity index (χ0v) is 10.3. The topological polar surface area (TPSA) is 77.2 Å². The van der Waals surface area contributed by atoms with Gasteiger partial charge in [0.2, 0.25) is 11.8 Å². The number of nitrogens with zero attached hydrogens (tertiary/aromatic N) is 1. The van der Waals surface area contributed by atoms with Crippen LogP contribution < -0.4 is 15.8 Å². The van der Waals surface area contributed by atoms with Gasteiger partial charge >= 0.3 is 0 Å². The highest BCUT2D eigenvalue weighted by Gasteiger charge is 2.06. The van der Waals surface area contributed by atoms with Crippen molar-refractivity contribution in [2.24, 2.45) is 11.7 Å². The summed E-state index contributed by atoms with van der Waals surface area (Å²) in [5.74, 6) is 0.881. The Balaban J connectivity index is 2.39. The monoisotopic (exact) mass is 237 g/mol. The second kappa shape index (κ2) is 6.85. The fourth-order valence-electron chi connectivity index (χ4n) is 1.29. The molecule has 5 heteroatoms. The molecule has 0 fully saturated rings. The van der Waals surface area contributed by atoms with Crippen LogP contribution in [0, 0.1) is 5.92 Å². The number of aromatic nitrogens is 1. The molecule has 1 aromatic rings. The molecule has 0 aliphatic rings. The highest BCUT2D eigenvalue weighted by molar-refractivity contribution is 5.90. The molecule has 1 amide bonds. The molecule has 3 N–H and O–H groups in total. The zero-order chi connectivity index (χ0) is 12.7. The van der Waals surface area contributed by atoms with Crippen molar-refractivity contribution >= 4 is 11.6 Å². The lowest BCUT2D eigenvalue weighted by Crippen LogP contribution is -2.16. The molecular formula is C12H19N3O2. The van der Waals surface area contributed by atoms with Crippen molar-refractivity contribution in [3.63, 3.8) is 0 Å². The van der Waals surface area contributed by atoms with Crippen LogP contribution in [0.2, 0.25) is 0 Å². The van der Waals surface area contributed by atoms with Gasteiger partial charge in [0.15, 0.2) is 0 Å². The lowest BCUT2D eigenvalue weighted by Gasteiger charge is -2.08. The summed E-state index contributed by atoms with van der Waals surface area (Å²) in [6, 6.07) is 3.47. The molecule has 0 spiro atoms. The Hall–Kier alpha value is -1.62. The van der Waals surface area contributed by atoms with Crippen LogP contribution in [-0.2, 0) is 4.79 Å². The highest BCUT2D eigenvalue weighted by Crippen LogP contribution is 2.12. The summed E-state index contributed by atoms with van der Waals surface area (Å²) in [6.07, 6.45) is 2.85. The molecule has 1 aromatic heterocycles. The van der Waals surface area contributed by atoms with Gasteiger partial charge in [0, 0.05) is 12.5 Å². The summed E-state index contributed by atoms with van der Waals surface area (Å²) in [6.45, 7) is 2.64. The maximum Gasteiger partial charge on any atom is 0.224 e. The van der Waals surface area contributed by atoms with Gasteiger partial charge in [0.25, 0.3) is 0 Å². The number of nitrogens with two attached hydrogens (primary N) is 1. The van der Waals surface area contributed by atoms with Crippen molar-refractivity contribution in [3.05, 3.63) is 18.3 Å². The number of rotatable bonds is 6. The number of carbonyl (C=O) groups excluding carboxylic acids is 1. The number of anilines is 1. The molecule has 17 heavy (non-hydrogen) atoms. The van der Waals surface area contributed by atoms with Gasteiger partial charge in [-0.3, -0.25) is 4.79 Å². The van der Waals surface area contributed by atoms with Crippen molar-refractivity contribution in [2.45, 2.75) is 19.8 Å². The lowest BCUT2D eigenvalue weighted by molar-refractivity contribution is -0.116. The largest absolute Gasteiger partial charge is 0.481 e. The third-order valence-electron chi connectivity index (χ3n) is 2.50. The number of amides is 1. The SMILES string of the molecule is COc1ccc(NC(=O)CCC(C)CN)cn1. The maximum atomic E-state index is 11.6. The first kappa shape index (κ1) is 13.4. The second-order valence-electron chi connectivity index (χ2n) is 4.02. The van der Waals surface area contributed by atoms with E-state index in [0.29, 0.717) is 30.5 Å². The fourth-order valence-corrected chi connectivity index (χ4v) is 1.29. The van der Waals surface area contributed by atoms with E-state index in [1.807, 2.05) is 6.92 Å². The average Bonchev–Trinajstić information content (AvgIpc) is 2.36. The van der Waals surface area contributed by atoms with E-state index in [2.05, 4.69) is 10.3 Å². The smallest absolute Gasteiger partial charge is 0.224 e. The van der Waals surface area contributed by atoms with E-state index in [0.717, 1.165) is 6.42 Å². The number of hydrogen-bond acceptors (Lipinski definition) is 4. The van der Waals surface area contributed by atoms with Gasteiger partial charge in [-0.1, -0.05) is 6.92 Å². The molecule has 1 unspecified atom stereocenters. The minimum atomic E-state index is -0.0164. The van der Waals surface area contributed by atoms with Crippen LogP contribution >= 0.6 is 0 Å². The Morgan fingerprint density at radius 3 is 2.88 bits per heavy atom. The average molecular weight is 237 g/mol. The number of ether oxygens (including phenoxy) is 1. The molecule has 1 rings (SSSR count). The van der Waals surface area contributed by atoms with Gasteiger partial charge in [-0.15, -0.1) is 0 Å². The summed E-state index contributed by atoms with van der Waals surface area (Å²) >= 11 is 0. The quantitative estimate of drug-likeness (QED) is 0.784. The lowest BCUT2D eigenvalue weighted by atomic mass is 10.1. The van der Waals surface area contributed by atoms with Crippen LogP contribution in [0.25, 0.3) is 0 Å². The Morgan fingerprint density at radius 1 is 1.59 bits per heavy atom. The molecule has 5 nitrogen and oxygen atoms in total. The summed E-state index contributed by atoms with van der Waals surface area (Å²) in [4.78, 5) is 15.6. The van der Waals surface area contributed by atoms with Gasteiger partial charge in [-0.25, -0.2) is 4.98 Å². The van der Waals surface area contributed by atoms with E-state index in [4.69, 9.17) is 10.5 Å². The Bertz CT molecular complexity index is 351. The Morgan fingerprint density at radius 2 is 2.35 bits per heavy atom. The van der Waals surface area contributed by atoms with E-state index in [-0.39, 0.29) is 5.91 Å². The fraction of sp³-hybridized carbons (Fsp3) is 0.500. The first-order valence-corrected chi connectivity index (χ1v) is 5.65. The van der Waals surface area contributed by atoms with Gasteiger partial charge in [0.05, 0.1) is 19.0 Å². The molecule has 0 aliphatic heterocycles. The number of methoxy groups -OCH3 is 1. The molecule has 1 atom stereocenters. The molecule has 0 saturated carbocycles. The summed E-state index contributed by atoms with van der Waals surface area (Å²) in [7, 11) is 1.55. The van der Waals surface area contributed by atoms with E-state index in [9.17, 15) is 4.79 Å². The Labute approximate surface area is 101 Å². The van der Waals surface area contributed by atoms with Crippen molar-refractivity contribution < 1.29 is 9.53 Å². The predicted molar refractivity (Wildman–Crippen MR) is 66.9 cm³/mol. The van der Waals surface area contributed by atoms with Crippen molar-refractivity contribution in [3.8, 4) is 5.88 Å². The number of carbonyl (C=O) groups is 1. The minimum Gasteiger partial charge on any atom is -0.481 e. The maximum absolute atomic E-state index is 11.6. The van der Waals surface area contributed by atoms with Crippen LogP contribution in [0.3, 0.4) is 0 Å². The van der Waals surface area contributed by atoms with Crippen LogP contribution in [0.5, 0.6) is 5.88 Å². The van der Waals surface area contributed by atoms with Gasteiger partial charge in [0.1, 0.15) is 0 Å². The van der Waals surface area contributed by atoms with Gasteiger partial charge in [-0.05, 0) is 24.9 Å². The van der Waals surface area contributed by atoms with E-state index in [1.54, 1.807) is 25.4 Å². The Kier molecular flexibility index (Phi) is 5.42. The second-order valence-corrected chi connectivity index (χ2v) is 4.02. The highest BCUT2D eigenvalue weighted by atomic mass is 16.5. The molecule has 0 aliphatic carbocycles. The van der Waals surface area contributed by atoms with Crippen LogP contribution in [0.4, 0.5) is 5.69 Å². The molecule has 0 bridgehead atoms. The third-order valence-corrected chi connectivity index (χ3v) is 2.50. The number of hydrogen-bond donors (Lipinski definition) is 2. The van der Waals surface area contributed by atoms with Crippen molar-refractivity contribution in [1.29, 1.82) is 0 Å². The predicted octanol–water partition coefficient (Wildman–Crippen LogP) is 1.40.